The van der Waals surface area contributed by atoms with Gasteiger partial charge in [-0.15, -0.1) is 0 Å². The van der Waals surface area contributed by atoms with E-state index in [1.807, 2.05) is 0 Å². The van der Waals surface area contributed by atoms with Gasteiger partial charge in [-0.25, -0.2) is 0 Å². The van der Waals surface area contributed by atoms with Gasteiger partial charge in [0, 0.05) is 0 Å². The van der Waals surface area contributed by atoms with Crippen LogP contribution in [0.25, 0.3) is 0 Å². The monoisotopic (exact) mass is 290 g/mol. The Labute approximate surface area is 112 Å². The molecule has 0 aromatic heterocycles. The molecule has 0 aliphatic heterocycles. The number of rotatable bonds is 5. The lowest BCUT2D eigenvalue weighted by molar-refractivity contribution is -0.164. The highest BCUT2D eigenvalue weighted by Gasteiger charge is 2.41. The fourth-order valence-electron chi connectivity index (χ4n) is 1.21. The molecule has 8 heteroatoms. The van der Waals surface area contributed by atoms with Crippen molar-refractivity contribution in [2.45, 2.75) is 18.8 Å². The summed E-state index contributed by atoms with van der Waals surface area (Å²) >= 11 is 0. The van der Waals surface area contributed by atoms with Crippen LogP contribution in [0.5, 0.6) is 0 Å². The Bertz CT molecular complexity index is 463. The summed E-state index contributed by atoms with van der Waals surface area (Å²) in [5.41, 5.74) is 5.38. The molecule has 1 atom stereocenters. The van der Waals surface area contributed by atoms with E-state index in [9.17, 15) is 22.8 Å². The van der Waals surface area contributed by atoms with E-state index in [0.29, 0.717) is 0 Å². The highest BCUT2D eigenvalue weighted by atomic mass is 19.4. The molecule has 0 saturated heterocycles. The third-order valence-corrected chi connectivity index (χ3v) is 2.28. The molecule has 0 aliphatic rings. The van der Waals surface area contributed by atoms with Gasteiger partial charge in [-0.05, 0) is 5.56 Å². The maximum absolute atomic E-state index is 12.1. The van der Waals surface area contributed by atoms with Gasteiger partial charge in [0.2, 0.25) is 5.91 Å². The predicted molar refractivity (Wildman–Crippen MR) is 63.3 cm³/mol. The van der Waals surface area contributed by atoms with Crippen molar-refractivity contribution in [3.8, 4) is 0 Å². The summed E-state index contributed by atoms with van der Waals surface area (Å²) in [7, 11) is 0. The molecule has 0 aliphatic carbocycles. The topological polar surface area (TPSA) is 81.4 Å². The van der Waals surface area contributed by atoms with Gasteiger partial charge in [0.15, 0.2) is 6.04 Å². The van der Waals surface area contributed by atoms with Crippen LogP contribution in [0, 0.1) is 0 Å². The molecule has 0 saturated carbocycles. The van der Waals surface area contributed by atoms with E-state index in [2.05, 4.69) is 5.73 Å². The Morgan fingerprint density at radius 2 is 1.85 bits per heavy atom. The van der Waals surface area contributed by atoms with Crippen molar-refractivity contribution in [1.29, 1.82) is 0 Å². The van der Waals surface area contributed by atoms with Gasteiger partial charge in [-0.2, -0.15) is 13.2 Å². The highest BCUT2D eigenvalue weighted by molar-refractivity contribution is 5.86. The minimum absolute atomic E-state index is 0.0269. The molecule has 0 heterocycles. The van der Waals surface area contributed by atoms with Crippen LogP contribution in [0.4, 0.5) is 13.2 Å². The number of amides is 1. The lowest BCUT2D eigenvalue weighted by atomic mass is 10.2. The van der Waals surface area contributed by atoms with Crippen LogP contribution in [0.15, 0.2) is 30.3 Å². The number of hydrogen-bond donors (Lipinski definition) is 2. The Hall–Kier alpha value is -2.09. The fourth-order valence-corrected chi connectivity index (χ4v) is 1.21. The summed E-state index contributed by atoms with van der Waals surface area (Å²) in [6.45, 7) is -0.698. The fraction of sp³-hybridized carbons (Fsp3) is 0.333. The number of alkyl halides is 3. The second kappa shape index (κ2) is 6.90. The third-order valence-electron chi connectivity index (χ3n) is 2.28. The van der Waals surface area contributed by atoms with Gasteiger partial charge < -0.3 is 15.8 Å². The van der Waals surface area contributed by atoms with Gasteiger partial charge >= 0.3 is 12.1 Å². The highest BCUT2D eigenvalue weighted by Crippen LogP contribution is 2.18. The van der Waals surface area contributed by atoms with Crippen molar-refractivity contribution in [1.82, 2.24) is 5.32 Å². The van der Waals surface area contributed by atoms with E-state index in [0.717, 1.165) is 5.56 Å². The summed E-state index contributed by atoms with van der Waals surface area (Å²) in [5.74, 6) is -2.33. The maximum atomic E-state index is 12.1. The van der Waals surface area contributed by atoms with Crippen molar-refractivity contribution in [2.75, 3.05) is 6.54 Å². The number of esters is 1. The maximum Gasteiger partial charge on any atom is 0.412 e. The van der Waals surface area contributed by atoms with Crippen LogP contribution < -0.4 is 11.1 Å². The normalized spacial score (nSPS) is 12.6. The number of halogens is 3. The summed E-state index contributed by atoms with van der Waals surface area (Å²) in [5, 5.41) is 1.77. The lowest BCUT2D eigenvalue weighted by Gasteiger charge is -2.14. The van der Waals surface area contributed by atoms with Crippen molar-refractivity contribution in [3.05, 3.63) is 35.9 Å². The Morgan fingerprint density at radius 1 is 1.25 bits per heavy atom. The van der Waals surface area contributed by atoms with Crippen LogP contribution in [0.2, 0.25) is 0 Å². The smallest absolute Gasteiger partial charge is 0.412 e. The molecule has 1 rings (SSSR count). The van der Waals surface area contributed by atoms with Crippen molar-refractivity contribution < 1.29 is 27.5 Å². The number of ether oxygens (including phenoxy) is 1. The van der Waals surface area contributed by atoms with Crippen molar-refractivity contribution in [3.63, 3.8) is 0 Å². The van der Waals surface area contributed by atoms with Crippen molar-refractivity contribution in [2.24, 2.45) is 5.73 Å². The standard InChI is InChI=1S/C12H13F3N2O3/c13-12(14,15)10(16)11(19)17-6-9(18)20-7-8-4-2-1-3-5-8/h1-5,10H,6-7,16H2,(H,17,19). The van der Waals surface area contributed by atoms with Gasteiger partial charge in [-0.1, -0.05) is 30.3 Å². The molecule has 1 amide bonds. The molecule has 0 radical (unpaired) electrons. The van der Waals surface area contributed by atoms with Gasteiger partial charge in [0.25, 0.3) is 0 Å². The van der Waals surface area contributed by atoms with Crippen LogP contribution in [0.3, 0.4) is 0 Å². The molecule has 1 aromatic rings. The zero-order valence-corrected chi connectivity index (χ0v) is 10.3. The Kier molecular flexibility index (Phi) is 5.51. The molecule has 20 heavy (non-hydrogen) atoms. The molecular weight excluding hydrogens is 277 g/mol. The number of benzene rings is 1. The molecule has 0 spiro atoms. The summed E-state index contributed by atoms with van der Waals surface area (Å²) in [6.07, 6.45) is -4.85. The molecule has 0 fully saturated rings. The average molecular weight is 290 g/mol. The first-order chi connectivity index (χ1) is 9.30. The minimum atomic E-state index is -4.85. The number of hydrogen-bond acceptors (Lipinski definition) is 4. The minimum Gasteiger partial charge on any atom is -0.460 e. The quantitative estimate of drug-likeness (QED) is 0.784. The first-order valence-corrected chi connectivity index (χ1v) is 5.60. The molecule has 3 N–H and O–H groups in total. The van der Waals surface area contributed by atoms with Gasteiger partial charge in [-0.3, -0.25) is 9.59 Å². The van der Waals surface area contributed by atoms with E-state index in [4.69, 9.17) is 4.74 Å². The lowest BCUT2D eigenvalue weighted by Crippen LogP contribution is -2.51. The Balaban J connectivity index is 2.32. The molecule has 5 nitrogen and oxygen atoms in total. The van der Waals surface area contributed by atoms with Crippen molar-refractivity contribution >= 4 is 11.9 Å². The molecule has 1 aromatic carbocycles. The first kappa shape index (κ1) is 16.0. The van der Waals surface area contributed by atoms with Gasteiger partial charge in [0.05, 0.1) is 0 Å². The first-order valence-electron chi connectivity index (χ1n) is 5.60. The summed E-state index contributed by atoms with van der Waals surface area (Å²) in [6, 6.07) is 6.03. The molecule has 1 unspecified atom stereocenters. The number of nitrogens with two attached hydrogens (primary N) is 1. The van der Waals surface area contributed by atoms with E-state index in [-0.39, 0.29) is 6.61 Å². The number of nitrogens with one attached hydrogen (secondary N) is 1. The zero-order valence-electron chi connectivity index (χ0n) is 10.3. The number of carbonyl (C=O) groups is 2. The van der Waals surface area contributed by atoms with E-state index < -0.39 is 30.6 Å². The second-order valence-electron chi connectivity index (χ2n) is 3.88. The van der Waals surface area contributed by atoms with Crippen LogP contribution in [-0.4, -0.2) is 30.6 Å². The summed E-state index contributed by atoms with van der Waals surface area (Å²) in [4.78, 5) is 22.2. The predicted octanol–water partition coefficient (Wildman–Crippen LogP) is 0.736. The van der Waals surface area contributed by atoms with E-state index in [1.165, 1.54) is 0 Å². The van der Waals surface area contributed by atoms with Crippen LogP contribution in [0.1, 0.15) is 5.56 Å². The second-order valence-corrected chi connectivity index (χ2v) is 3.88. The summed E-state index contributed by atoms with van der Waals surface area (Å²) < 4.78 is 41.0. The number of carbonyl (C=O) groups excluding carboxylic acids is 2. The van der Waals surface area contributed by atoms with Gasteiger partial charge in [0.1, 0.15) is 13.2 Å². The van der Waals surface area contributed by atoms with E-state index >= 15 is 0 Å². The molecule has 0 bridgehead atoms. The average Bonchev–Trinajstić information content (AvgIpc) is 2.41. The molecule has 110 valence electrons. The molecular formula is C12H13F3N2O3. The van der Waals surface area contributed by atoms with Crippen LogP contribution in [-0.2, 0) is 20.9 Å². The third kappa shape index (κ3) is 5.27. The van der Waals surface area contributed by atoms with Crippen LogP contribution >= 0.6 is 0 Å². The zero-order chi connectivity index (χ0) is 15.2. The SMILES string of the molecule is NC(C(=O)NCC(=O)OCc1ccccc1)C(F)(F)F. The Morgan fingerprint density at radius 3 is 2.40 bits per heavy atom. The van der Waals surface area contributed by atoms with E-state index in [1.54, 1.807) is 35.6 Å². The largest absolute Gasteiger partial charge is 0.460 e.